The quantitative estimate of drug-likeness (QED) is 0.668. The molecule has 1 fully saturated rings. The summed E-state index contributed by atoms with van der Waals surface area (Å²) in [6.45, 7) is 0.857. The first-order valence-electron chi connectivity index (χ1n) is 6.17. The second kappa shape index (κ2) is 7.25. The third kappa shape index (κ3) is 5.66. The van der Waals surface area contributed by atoms with Crippen molar-refractivity contribution in [1.82, 2.24) is 5.32 Å². The number of carbonyl (C=O) groups is 1. The number of hydrogen-bond acceptors (Lipinski definition) is 4. The van der Waals surface area contributed by atoms with Gasteiger partial charge in [-0.15, -0.1) is 0 Å². The zero-order valence-electron chi connectivity index (χ0n) is 10.2. The molecule has 0 aromatic carbocycles. The summed E-state index contributed by atoms with van der Waals surface area (Å²) in [5, 5.41) is 10.9. The first-order valence-corrected chi connectivity index (χ1v) is 6.17. The Morgan fingerprint density at radius 2 is 2.12 bits per heavy atom. The molecular weight excluding hydrogens is 218 g/mol. The molecule has 1 aliphatic carbocycles. The molecule has 0 spiro atoms. The Balaban J connectivity index is 2.10. The van der Waals surface area contributed by atoms with Crippen molar-refractivity contribution >= 4 is 5.91 Å². The van der Waals surface area contributed by atoms with Gasteiger partial charge in [-0.05, 0) is 12.8 Å². The highest BCUT2D eigenvalue weighted by molar-refractivity contribution is 5.77. The first kappa shape index (κ1) is 13.9. The van der Waals surface area contributed by atoms with E-state index >= 15 is 0 Å². The van der Waals surface area contributed by atoms with E-state index in [4.69, 9.17) is 15.7 Å². The van der Waals surface area contributed by atoms with Crippen LogP contribution >= 0.6 is 0 Å². The molecule has 0 radical (unpaired) electrons. The molecular formula is C12H21N3O2. The highest BCUT2D eigenvalue weighted by Gasteiger charge is 2.27. The lowest BCUT2D eigenvalue weighted by molar-refractivity contribution is -0.126. The summed E-state index contributed by atoms with van der Waals surface area (Å²) in [5.41, 5.74) is 5.92. The molecule has 0 bridgehead atoms. The second-order valence-corrected chi connectivity index (χ2v) is 4.67. The number of nitrogens with one attached hydrogen (secondary N) is 1. The van der Waals surface area contributed by atoms with E-state index in [0.29, 0.717) is 19.6 Å². The van der Waals surface area contributed by atoms with Crippen LogP contribution in [0.3, 0.4) is 0 Å². The first-order chi connectivity index (χ1) is 8.16. The summed E-state index contributed by atoms with van der Waals surface area (Å²) < 4.78 is 5.35. The molecule has 0 unspecified atom stereocenters. The van der Waals surface area contributed by atoms with Crippen molar-refractivity contribution in [3.05, 3.63) is 0 Å². The van der Waals surface area contributed by atoms with Gasteiger partial charge in [-0.25, -0.2) is 0 Å². The largest absolute Gasteiger partial charge is 0.370 e. The van der Waals surface area contributed by atoms with E-state index in [1.807, 2.05) is 6.07 Å². The smallest absolute Gasteiger partial charge is 0.246 e. The summed E-state index contributed by atoms with van der Waals surface area (Å²) in [4.78, 5) is 11.3. The summed E-state index contributed by atoms with van der Waals surface area (Å²) in [6.07, 6.45) is 5.81. The number of hydrogen-bond donors (Lipinski definition) is 2. The van der Waals surface area contributed by atoms with Crippen molar-refractivity contribution in [3.63, 3.8) is 0 Å². The predicted molar refractivity (Wildman–Crippen MR) is 64.1 cm³/mol. The minimum atomic E-state index is -0.245. The Morgan fingerprint density at radius 3 is 2.76 bits per heavy atom. The number of nitriles is 1. The van der Waals surface area contributed by atoms with Crippen LogP contribution in [0, 0.1) is 11.3 Å². The lowest BCUT2D eigenvalue weighted by Crippen LogP contribution is -2.46. The number of nitrogens with zero attached hydrogens (tertiary/aromatic N) is 1. The van der Waals surface area contributed by atoms with Gasteiger partial charge < -0.3 is 15.8 Å². The molecule has 0 aliphatic heterocycles. The summed E-state index contributed by atoms with van der Waals surface area (Å²) in [7, 11) is 0. The second-order valence-electron chi connectivity index (χ2n) is 4.67. The van der Waals surface area contributed by atoms with E-state index in [0.717, 1.165) is 25.7 Å². The zero-order chi connectivity index (χ0) is 12.6. The molecule has 3 N–H and O–H groups in total. The minimum Gasteiger partial charge on any atom is -0.370 e. The van der Waals surface area contributed by atoms with Crippen LogP contribution in [0.4, 0.5) is 0 Å². The Kier molecular flexibility index (Phi) is 5.95. The number of rotatable bonds is 6. The van der Waals surface area contributed by atoms with Crippen molar-refractivity contribution in [2.45, 2.75) is 44.1 Å². The molecule has 5 nitrogen and oxygen atoms in total. The van der Waals surface area contributed by atoms with E-state index in [2.05, 4.69) is 5.32 Å². The Morgan fingerprint density at radius 1 is 1.41 bits per heavy atom. The average molecular weight is 239 g/mol. The normalized spacial score (nSPS) is 18.4. The van der Waals surface area contributed by atoms with Gasteiger partial charge in [-0.1, -0.05) is 19.3 Å². The maximum Gasteiger partial charge on any atom is 0.246 e. The van der Waals surface area contributed by atoms with E-state index in [1.54, 1.807) is 0 Å². The standard InChI is InChI=1S/C12H21N3O2/c13-7-4-8-15-11(16)9-17-10-12(14)5-2-1-3-6-12/h1-6,8-10,14H2,(H,15,16). The monoisotopic (exact) mass is 239 g/mol. The molecule has 5 heteroatoms. The van der Waals surface area contributed by atoms with Crippen molar-refractivity contribution in [2.75, 3.05) is 19.8 Å². The Labute approximate surface area is 102 Å². The third-order valence-electron chi connectivity index (χ3n) is 3.03. The fourth-order valence-electron chi connectivity index (χ4n) is 2.06. The molecule has 1 amide bonds. The van der Waals surface area contributed by atoms with E-state index < -0.39 is 0 Å². The van der Waals surface area contributed by atoms with E-state index in [-0.39, 0.29) is 18.1 Å². The van der Waals surface area contributed by atoms with Crippen molar-refractivity contribution < 1.29 is 9.53 Å². The van der Waals surface area contributed by atoms with Crippen LogP contribution in [-0.2, 0) is 9.53 Å². The Hall–Kier alpha value is -1.12. The summed E-state index contributed by atoms with van der Waals surface area (Å²) in [5.74, 6) is -0.181. The van der Waals surface area contributed by atoms with Gasteiger partial charge in [-0.3, -0.25) is 4.79 Å². The van der Waals surface area contributed by atoms with Crippen LogP contribution in [0.15, 0.2) is 0 Å². The topological polar surface area (TPSA) is 88.1 Å². The van der Waals surface area contributed by atoms with Gasteiger partial charge in [0.15, 0.2) is 0 Å². The highest BCUT2D eigenvalue weighted by atomic mass is 16.5. The maximum atomic E-state index is 11.3. The lowest BCUT2D eigenvalue weighted by atomic mass is 9.83. The molecule has 1 aliphatic rings. The molecule has 1 saturated carbocycles. The lowest BCUT2D eigenvalue weighted by Gasteiger charge is -2.32. The van der Waals surface area contributed by atoms with Crippen molar-refractivity contribution in [1.29, 1.82) is 5.26 Å². The third-order valence-corrected chi connectivity index (χ3v) is 3.03. The fraction of sp³-hybridized carbons (Fsp3) is 0.833. The van der Waals surface area contributed by atoms with Gasteiger partial charge in [0.05, 0.1) is 19.1 Å². The van der Waals surface area contributed by atoms with Crippen molar-refractivity contribution in [3.8, 4) is 6.07 Å². The molecule has 0 atom stereocenters. The summed E-state index contributed by atoms with van der Waals surface area (Å²) >= 11 is 0. The summed E-state index contributed by atoms with van der Waals surface area (Å²) in [6, 6.07) is 1.96. The predicted octanol–water partition coefficient (Wildman–Crippen LogP) is 0.694. The van der Waals surface area contributed by atoms with Gasteiger partial charge >= 0.3 is 0 Å². The highest BCUT2D eigenvalue weighted by Crippen LogP contribution is 2.25. The van der Waals surface area contributed by atoms with Crippen molar-refractivity contribution in [2.24, 2.45) is 5.73 Å². The molecule has 96 valence electrons. The fourth-order valence-corrected chi connectivity index (χ4v) is 2.06. The average Bonchev–Trinajstić information content (AvgIpc) is 2.30. The van der Waals surface area contributed by atoms with Crippen LogP contribution < -0.4 is 11.1 Å². The molecule has 1 rings (SSSR count). The van der Waals surface area contributed by atoms with Crippen LogP contribution in [0.25, 0.3) is 0 Å². The van der Waals surface area contributed by atoms with Crippen LogP contribution in [0.2, 0.25) is 0 Å². The van der Waals surface area contributed by atoms with Gasteiger partial charge in [0, 0.05) is 12.1 Å². The molecule has 0 aromatic heterocycles. The molecule has 0 saturated heterocycles. The van der Waals surface area contributed by atoms with Gasteiger partial charge in [0.1, 0.15) is 6.61 Å². The zero-order valence-corrected chi connectivity index (χ0v) is 10.2. The van der Waals surface area contributed by atoms with Gasteiger partial charge in [0.2, 0.25) is 5.91 Å². The Bertz CT molecular complexity index is 280. The van der Waals surface area contributed by atoms with Gasteiger partial charge in [-0.2, -0.15) is 5.26 Å². The molecule has 0 aromatic rings. The number of carbonyl (C=O) groups excluding carboxylic acids is 1. The minimum absolute atomic E-state index is 0.0321. The van der Waals surface area contributed by atoms with Crippen LogP contribution in [0.1, 0.15) is 38.5 Å². The molecule has 0 heterocycles. The molecule has 17 heavy (non-hydrogen) atoms. The van der Waals surface area contributed by atoms with E-state index in [1.165, 1.54) is 6.42 Å². The van der Waals surface area contributed by atoms with Gasteiger partial charge in [0.25, 0.3) is 0 Å². The van der Waals surface area contributed by atoms with Crippen LogP contribution in [0.5, 0.6) is 0 Å². The number of amides is 1. The number of nitrogens with two attached hydrogens (primary N) is 1. The van der Waals surface area contributed by atoms with E-state index in [9.17, 15) is 4.79 Å². The maximum absolute atomic E-state index is 11.3. The SMILES string of the molecule is N#CCCNC(=O)COCC1(N)CCCCC1. The van der Waals surface area contributed by atoms with Crippen LogP contribution in [-0.4, -0.2) is 31.2 Å². The number of ether oxygens (including phenoxy) is 1.